The number of hydrogen-bond acceptors (Lipinski definition) is 3. The number of nitrogens with two attached hydrogens (primary N) is 1. The normalized spacial score (nSPS) is 12.9. The van der Waals surface area contributed by atoms with E-state index >= 15 is 0 Å². The molecule has 0 amide bonds. The quantitative estimate of drug-likeness (QED) is 0.176. The number of carbonyl (C=O) groups is 1. The zero-order chi connectivity index (χ0) is 28.1. The molecule has 1 atom stereocenters. The van der Waals surface area contributed by atoms with Crippen LogP contribution in [0, 0.1) is 5.82 Å². The van der Waals surface area contributed by atoms with E-state index < -0.39 is 29.4 Å². The van der Waals surface area contributed by atoms with E-state index in [0.717, 1.165) is 29.3 Å². The summed E-state index contributed by atoms with van der Waals surface area (Å²) in [5.41, 5.74) is 7.01. The van der Waals surface area contributed by atoms with Crippen LogP contribution in [0.25, 0.3) is 0 Å². The molecule has 3 rings (SSSR count). The number of pyridine rings is 1. The zero-order valence-corrected chi connectivity index (χ0v) is 21.3. The number of carboxylic acids is 1. The van der Waals surface area contributed by atoms with Crippen LogP contribution in [0.5, 0.6) is 0 Å². The third-order valence-corrected chi connectivity index (χ3v) is 5.43. The number of benzene rings is 2. The van der Waals surface area contributed by atoms with Crippen molar-refractivity contribution < 1.29 is 27.5 Å². The average molecular weight is 547 g/mol. The van der Waals surface area contributed by atoms with Gasteiger partial charge in [0.2, 0.25) is 0 Å². The van der Waals surface area contributed by atoms with Gasteiger partial charge in [0.1, 0.15) is 5.82 Å². The Balaban J connectivity index is 0.000000358. The van der Waals surface area contributed by atoms with Gasteiger partial charge in [-0.1, -0.05) is 71.8 Å². The Morgan fingerprint density at radius 3 is 2.37 bits per heavy atom. The van der Waals surface area contributed by atoms with Gasteiger partial charge in [-0.2, -0.15) is 13.2 Å². The van der Waals surface area contributed by atoms with Crippen molar-refractivity contribution in [1.29, 1.82) is 0 Å². The highest BCUT2D eigenvalue weighted by Gasteiger charge is 2.32. The molecule has 38 heavy (non-hydrogen) atoms. The van der Waals surface area contributed by atoms with E-state index in [2.05, 4.69) is 4.98 Å². The van der Waals surface area contributed by atoms with Crippen molar-refractivity contribution in [3.63, 3.8) is 0 Å². The van der Waals surface area contributed by atoms with Gasteiger partial charge in [0.25, 0.3) is 0 Å². The number of hydrogen-bond donors (Lipinski definition) is 2. The van der Waals surface area contributed by atoms with Gasteiger partial charge in [-0.15, -0.1) is 0 Å². The fourth-order valence-corrected chi connectivity index (χ4v) is 3.42. The van der Waals surface area contributed by atoms with E-state index in [9.17, 15) is 22.4 Å². The summed E-state index contributed by atoms with van der Waals surface area (Å²) >= 11 is 5.86. The minimum absolute atomic E-state index is 0.219. The number of halogens is 5. The second kappa shape index (κ2) is 14.9. The Morgan fingerprint density at radius 2 is 1.79 bits per heavy atom. The third-order valence-electron chi connectivity index (χ3n) is 5.20. The van der Waals surface area contributed by atoms with Gasteiger partial charge in [0.15, 0.2) is 0 Å². The van der Waals surface area contributed by atoms with Crippen molar-refractivity contribution in [1.82, 2.24) is 4.98 Å². The van der Waals surface area contributed by atoms with Crippen LogP contribution in [0.15, 0.2) is 103 Å². The molecular weight excluding hydrogens is 520 g/mol. The van der Waals surface area contributed by atoms with Gasteiger partial charge < -0.3 is 10.8 Å². The van der Waals surface area contributed by atoms with Gasteiger partial charge in [-0.25, -0.2) is 9.18 Å². The van der Waals surface area contributed by atoms with Crippen LogP contribution < -0.4 is 5.73 Å². The molecule has 0 aliphatic rings. The van der Waals surface area contributed by atoms with Crippen LogP contribution in [0.3, 0.4) is 0 Å². The van der Waals surface area contributed by atoms with Crippen LogP contribution in [0.1, 0.15) is 35.2 Å². The molecule has 3 N–H and O–H groups in total. The van der Waals surface area contributed by atoms with Crippen molar-refractivity contribution in [3.8, 4) is 0 Å². The van der Waals surface area contributed by atoms with E-state index in [1.807, 2.05) is 43.3 Å². The molecule has 0 unspecified atom stereocenters. The summed E-state index contributed by atoms with van der Waals surface area (Å²) < 4.78 is 53.2. The molecule has 0 aliphatic carbocycles. The number of aromatic nitrogens is 1. The summed E-state index contributed by atoms with van der Waals surface area (Å²) in [5, 5.41) is 8.63. The number of aliphatic carboxylic acids is 1. The highest BCUT2D eigenvalue weighted by molar-refractivity contribution is 6.30. The smallest absolute Gasteiger partial charge is 0.416 e. The summed E-state index contributed by atoms with van der Waals surface area (Å²) in [5.74, 6) is -2.41. The number of alkyl halides is 3. The van der Waals surface area contributed by atoms with Crippen LogP contribution in [-0.4, -0.2) is 22.6 Å². The molecule has 0 radical (unpaired) electrons. The standard InChI is InChI=1S/C20H14ClF4N.C9H13NO2/c21-16-6-7-19(26-12-16)18(8-13-4-2-1-3-5-13)14-9-15(20(23,24)25)11-17(22)10-14;1-8(7-10)5-3-2-4-6-9(11)12/h1-7,9-12,18H,8H2;2-6H,7,10H2,1H3,(H,11,12)/b;3-2-,6-4+,8-5+/t18-;/m1./s1. The predicted octanol–water partition coefficient (Wildman–Crippen LogP) is 7.36. The maximum atomic E-state index is 13.9. The van der Waals surface area contributed by atoms with E-state index in [1.165, 1.54) is 12.3 Å². The Kier molecular flexibility index (Phi) is 11.9. The van der Waals surface area contributed by atoms with E-state index in [4.69, 9.17) is 22.4 Å². The van der Waals surface area contributed by atoms with Gasteiger partial charge >= 0.3 is 12.1 Å². The maximum Gasteiger partial charge on any atom is 0.416 e. The molecule has 1 heterocycles. The molecule has 0 saturated heterocycles. The monoisotopic (exact) mass is 546 g/mol. The molecule has 0 aliphatic heterocycles. The van der Waals surface area contributed by atoms with Crippen molar-refractivity contribution >= 4 is 17.6 Å². The fourth-order valence-electron chi connectivity index (χ4n) is 3.30. The lowest BCUT2D eigenvalue weighted by atomic mass is 9.88. The topological polar surface area (TPSA) is 76.2 Å². The summed E-state index contributed by atoms with van der Waals surface area (Å²) in [4.78, 5) is 14.2. The molecule has 4 nitrogen and oxygen atoms in total. The minimum atomic E-state index is -4.62. The number of carboxylic acid groups (broad SMARTS) is 1. The highest BCUT2D eigenvalue weighted by Crippen LogP contribution is 2.35. The molecule has 3 aromatic rings. The highest BCUT2D eigenvalue weighted by atomic mass is 35.5. The number of nitrogens with zero attached hydrogens (tertiary/aromatic N) is 1. The van der Waals surface area contributed by atoms with Gasteiger partial charge in [-0.05, 0) is 54.8 Å². The van der Waals surface area contributed by atoms with Crippen LogP contribution in [0.2, 0.25) is 5.02 Å². The van der Waals surface area contributed by atoms with E-state index in [-0.39, 0.29) is 5.56 Å². The molecule has 200 valence electrons. The minimum Gasteiger partial charge on any atom is -0.478 e. The van der Waals surface area contributed by atoms with Crippen molar-refractivity contribution in [2.24, 2.45) is 5.73 Å². The van der Waals surface area contributed by atoms with Gasteiger partial charge in [0.05, 0.1) is 10.6 Å². The lowest BCUT2D eigenvalue weighted by Crippen LogP contribution is -2.11. The molecule has 0 spiro atoms. The summed E-state index contributed by atoms with van der Waals surface area (Å²) in [6.45, 7) is 2.43. The molecule has 0 bridgehead atoms. The van der Waals surface area contributed by atoms with Crippen molar-refractivity contribution in [2.45, 2.75) is 25.4 Å². The molecule has 2 aromatic carbocycles. The van der Waals surface area contributed by atoms with Crippen molar-refractivity contribution in [2.75, 3.05) is 6.54 Å². The van der Waals surface area contributed by atoms with Gasteiger partial charge in [0, 0.05) is 30.4 Å². The number of rotatable bonds is 8. The lowest BCUT2D eigenvalue weighted by molar-refractivity contribution is -0.138. The molecule has 0 saturated carbocycles. The van der Waals surface area contributed by atoms with Crippen molar-refractivity contribution in [3.05, 3.63) is 136 Å². The third kappa shape index (κ3) is 10.7. The zero-order valence-electron chi connectivity index (χ0n) is 20.5. The second-order valence-corrected chi connectivity index (χ2v) is 8.65. The lowest BCUT2D eigenvalue weighted by Gasteiger charge is -2.19. The van der Waals surface area contributed by atoms with E-state index in [1.54, 1.807) is 24.3 Å². The molecule has 9 heteroatoms. The first-order valence-corrected chi connectivity index (χ1v) is 11.8. The van der Waals surface area contributed by atoms with Crippen LogP contribution >= 0.6 is 11.6 Å². The van der Waals surface area contributed by atoms with Gasteiger partial charge in [-0.3, -0.25) is 4.98 Å². The van der Waals surface area contributed by atoms with E-state index in [0.29, 0.717) is 29.7 Å². The maximum absolute atomic E-state index is 13.9. The average Bonchev–Trinajstić information content (AvgIpc) is 2.87. The fraction of sp³-hybridized carbons (Fsp3) is 0.172. The largest absolute Gasteiger partial charge is 0.478 e. The first-order valence-electron chi connectivity index (χ1n) is 11.5. The molecular formula is C29H27ClF4N2O2. The van der Waals surface area contributed by atoms with Crippen LogP contribution in [-0.2, 0) is 17.4 Å². The molecule has 1 aromatic heterocycles. The summed E-state index contributed by atoms with van der Waals surface area (Å²) in [6.07, 6.45) is 4.96. The first-order chi connectivity index (χ1) is 18.0. The predicted molar refractivity (Wildman–Crippen MR) is 141 cm³/mol. The number of allylic oxidation sites excluding steroid dienone is 4. The van der Waals surface area contributed by atoms with Crippen LogP contribution in [0.4, 0.5) is 17.6 Å². The Morgan fingerprint density at radius 1 is 1.08 bits per heavy atom. The SMILES string of the molecule is C\C(=C/C=C\C=C\C(=O)O)CN.Fc1cc([C@@H](Cc2ccccc2)c2ccc(Cl)cn2)cc(C(F)(F)F)c1. The molecule has 0 fully saturated rings. The Hall–Kier alpha value is -3.75. The Bertz CT molecular complexity index is 1270. The first kappa shape index (κ1) is 30.5. The Labute approximate surface area is 223 Å². The summed E-state index contributed by atoms with van der Waals surface area (Å²) in [6, 6.07) is 15.1. The second-order valence-electron chi connectivity index (χ2n) is 8.21. The summed E-state index contributed by atoms with van der Waals surface area (Å²) in [7, 11) is 0.